The number of carbonyl (C=O) groups is 1. The van der Waals surface area contributed by atoms with E-state index >= 15 is 0 Å². The second-order valence-corrected chi connectivity index (χ2v) is 6.34. The van der Waals surface area contributed by atoms with Crippen LogP contribution in [0.2, 0.25) is 0 Å². The number of anilines is 1. The minimum atomic E-state index is -0.267. The van der Waals surface area contributed by atoms with E-state index in [-0.39, 0.29) is 5.91 Å². The molecule has 3 aromatic rings. The van der Waals surface area contributed by atoms with Gasteiger partial charge in [0.25, 0.3) is 5.91 Å². The Morgan fingerprint density at radius 2 is 1.83 bits per heavy atom. The molecule has 3 rings (SSSR count). The smallest absolute Gasteiger partial charge is 0.278 e. The predicted molar refractivity (Wildman–Crippen MR) is 92.4 cm³/mol. The van der Waals surface area contributed by atoms with Gasteiger partial charge >= 0.3 is 0 Å². The van der Waals surface area contributed by atoms with Crippen LogP contribution in [0.4, 0.5) is 5.69 Å². The Hall–Kier alpha value is -2.61. The van der Waals surface area contributed by atoms with Crippen LogP contribution in [0.1, 0.15) is 38.7 Å². The monoisotopic (exact) mass is 342 g/mol. The van der Waals surface area contributed by atoms with Gasteiger partial charge in [-0.25, -0.2) is 4.68 Å². The van der Waals surface area contributed by atoms with E-state index < -0.39 is 0 Å². The van der Waals surface area contributed by atoms with Crippen molar-refractivity contribution in [3.8, 4) is 0 Å². The Balaban J connectivity index is 1.79. The van der Waals surface area contributed by atoms with E-state index in [1.807, 2.05) is 39.8 Å². The molecular weight excluding hydrogens is 324 g/mol. The van der Waals surface area contributed by atoms with Gasteiger partial charge in [0.2, 0.25) is 0 Å². The number of nitrogens with one attached hydrogen (secondary N) is 1. The summed E-state index contributed by atoms with van der Waals surface area (Å²) in [5.74, 6) is -0.267. The molecule has 0 unspecified atom stereocenters. The Bertz CT molecular complexity index is 878. The summed E-state index contributed by atoms with van der Waals surface area (Å²) >= 11 is 1.17. The molecule has 0 aliphatic carbocycles. The Labute approximate surface area is 144 Å². The number of nitrogens with zero attached hydrogens (tertiary/aromatic N) is 5. The van der Waals surface area contributed by atoms with E-state index in [1.165, 1.54) is 11.7 Å². The lowest BCUT2D eigenvalue weighted by molar-refractivity contribution is 0.102. The first kappa shape index (κ1) is 16.3. The number of aryl methyl sites for hydroxylation is 3. The minimum absolute atomic E-state index is 0.267. The van der Waals surface area contributed by atoms with E-state index in [2.05, 4.69) is 30.4 Å². The zero-order valence-electron chi connectivity index (χ0n) is 14.0. The first-order valence-corrected chi connectivity index (χ1v) is 8.25. The number of rotatable bonds is 4. The molecule has 0 aliphatic heterocycles. The van der Waals surface area contributed by atoms with Gasteiger partial charge in [-0.05, 0) is 51.0 Å². The van der Waals surface area contributed by atoms with Crippen molar-refractivity contribution in [2.75, 3.05) is 5.32 Å². The standard InChI is InChI=1S/C16H18N6OS/c1-9-5-10(2)7-13(6-9)17-16(23)15-12(4)22(21-18-15)8-14-11(3)19-24-20-14/h5-7H,8H2,1-4H3,(H,17,23). The minimum Gasteiger partial charge on any atom is -0.321 e. The van der Waals surface area contributed by atoms with Crippen LogP contribution in [0.25, 0.3) is 0 Å². The van der Waals surface area contributed by atoms with Crippen molar-refractivity contribution in [3.63, 3.8) is 0 Å². The van der Waals surface area contributed by atoms with Crippen molar-refractivity contribution < 1.29 is 4.79 Å². The van der Waals surface area contributed by atoms with Gasteiger partial charge in [0, 0.05) is 5.69 Å². The zero-order valence-corrected chi connectivity index (χ0v) is 14.8. The molecule has 0 radical (unpaired) electrons. The summed E-state index contributed by atoms with van der Waals surface area (Å²) in [5, 5.41) is 11.0. The molecule has 0 aliphatic rings. The highest BCUT2D eigenvalue weighted by molar-refractivity contribution is 6.99. The molecule has 0 saturated carbocycles. The molecule has 2 heterocycles. The number of hydrogen-bond donors (Lipinski definition) is 1. The Morgan fingerprint density at radius 3 is 2.46 bits per heavy atom. The summed E-state index contributed by atoms with van der Waals surface area (Å²) in [6, 6.07) is 5.91. The molecule has 0 bridgehead atoms. The van der Waals surface area contributed by atoms with Crippen LogP contribution in [-0.4, -0.2) is 29.6 Å². The molecule has 0 saturated heterocycles. The van der Waals surface area contributed by atoms with E-state index in [9.17, 15) is 4.79 Å². The molecule has 124 valence electrons. The largest absolute Gasteiger partial charge is 0.321 e. The molecular formula is C16H18N6OS. The van der Waals surface area contributed by atoms with Crippen molar-refractivity contribution in [3.05, 3.63) is 52.1 Å². The van der Waals surface area contributed by atoms with Gasteiger partial charge in [-0.3, -0.25) is 4.79 Å². The second-order valence-electron chi connectivity index (χ2n) is 5.81. The molecule has 0 spiro atoms. The number of amides is 1. The number of aromatic nitrogens is 5. The fraction of sp³-hybridized carbons (Fsp3) is 0.312. The van der Waals surface area contributed by atoms with Crippen LogP contribution in [0.3, 0.4) is 0 Å². The Kier molecular flexibility index (Phi) is 4.39. The fourth-order valence-electron chi connectivity index (χ4n) is 2.49. The highest BCUT2D eigenvalue weighted by Gasteiger charge is 2.18. The summed E-state index contributed by atoms with van der Waals surface area (Å²) in [6.45, 7) is 8.17. The van der Waals surface area contributed by atoms with Crippen LogP contribution in [-0.2, 0) is 6.54 Å². The summed E-state index contributed by atoms with van der Waals surface area (Å²) in [4.78, 5) is 12.5. The van der Waals surface area contributed by atoms with Crippen molar-refractivity contribution in [1.82, 2.24) is 23.7 Å². The topological polar surface area (TPSA) is 85.6 Å². The van der Waals surface area contributed by atoms with E-state index in [0.717, 1.165) is 28.2 Å². The predicted octanol–water partition coefficient (Wildman–Crippen LogP) is 2.66. The van der Waals surface area contributed by atoms with Gasteiger partial charge in [-0.15, -0.1) is 5.10 Å². The highest BCUT2D eigenvalue weighted by Crippen LogP contribution is 2.16. The van der Waals surface area contributed by atoms with E-state index in [0.29, 0.717) is 17.9 Å². The lowest BCUT2D eigenvalue weighted by Crippen LogP contribution is -2.14. The molecule has 1 aromatic carbocycles. The SMILES string of the molecule is Cc1cc(C)cc(NC(=O)c2nnn(Cc3nsnc3C)c2C)c1. The van der Waals surface area contributed by atoms with E-state index in [1.54, 1.807) is 4.68 Å². The third kappa shape index (κ3) is 3.33. The molecule has 2 aromatic heterocycles. The quantitative estimate of drug-likeness (QED) is 0.788. The second kappa shape index (κ2) is 6.48. The average Bonchev–Trinajstić information content (AvgIpc) is 3.05. The van der Waals surface area contributed by atoms with Crippen molar-refractivity contribution in [1.29, 1.82) is 0 Å². The maximum absolute atomic E-state index is 12.5. The van der Waals surface area contributed by atoms with Gasteiger partial charge < -0.3 is 5.32 Å². The van der Waals surface area contributed by atoms with Gasteiger partial charge in [0.05, 0.1) is 35.4 Å². The number of hydrogen-bond acceptors (Lipinski definition) is 6. The first-order valence-electron chi connectivity index (χ1n) is 7.52. The fourth-order valence-corrected chi connectivity index (χ4v) is 3.05. The van der Waals surface area contributed by atoms with Gasteiger partial charge in [0.15, 0.2) is 5.69 Å². The highest BCUT2D eigenvalue weighted by atomic mass is 32.1. The number of carbonyl (C=O) groups excluding carboxylic acids is 1. The summed E-state index contributed by atoms with van der Waals surface area (Å²) in [6.07, 6.45) is 0. The van der Waals surface area contributed by atoms with Crippen LogP contribution in [0.5, 0.6) is 0 Å². The third-order valence-corrected chi connectivity index (χ3v) is 4.38. The average molecular weight is 342 g/mol. The lowest BCUT2D eigenvalue weighted by Gasteiger charge is -2.07. The summed E-state index contributed by atoms with van der Waals surface area (Å²) < 4.78 is 10.0. The molecule has 1 N–H and O–H groups in total. The first-order chi connectivity index (χ1) is 11.4. The Morgan fingerprint density at radius 1 is 1.12 bits per heavy atom. The van der Waals surface area contributed by atoms with Crippen LogP contribution >= 0.6 is 11.7 Å². The van der Waals surface area contributed by atoms with Crippen LogP contribution in [0, 0.1) is 27.7 Å². The molecule has 1 amide bonds. The normalized spacial score (nSPS) is 10.8. The molecule has 24 heavy (non-hydrogen) atoms. The summed E-state index contributed by atoms with van der Waals surface area (Å²) in [7, 11) is 0. The maximum Gasteiger partial charge on any atom is 0.278 e. The zero-order chi connectivity index (χ0) is 17.3. The lowest BCUT2D eigenvalue weighted by atomic mass is 10.1. The molecule has 0 atom stereocenters. The van der Waals surface area contributed by atoms with Crippen LogP contribution < -0.4 is 5.32 Å². The van der Waals surface area contributed by atoms with Crippen molar-refractivity contribution >= 4 is 23.3 Å². The molecule has 8 heteroatoms. The number of benzene rings is 1. The van der Waals surface area contributed by atoms with Gasteiger partial charge in [-0.1, -0.05) is 11.3 Å². The van der Waals surface area contributed by atoms with E-state index in [4.69, 9.17) is 0 Å². The van der Waals surface area contributed by atoms with Crippen molar-refractivity contribution in [2.45, 2.75) is 34.2 Å². The van der Waals surface area contributed by atoms with Gasteiger partial charge in [-0.2, -0.15) is 8.75 Å². The van der Waals surface area contributed by atoms with Gasteiger partial charge in [0.1, 0.15) is 0 Å². The third-order valence-electron chi connectivity index (χ3n) is 3.72. The summed E-state index contributed by atoms with van der Waals surface area (Å²) in [5.41, 5.74) is 5.67. The van der Waals surface area contributed by atoms with Crippen molar-refractivity contribution in [2.24, 2.45) is 0 Å². The maximum atomic E-state index is 12.5. The molecule has 0 fully saturated rings. The molecule has 7 nitrogen and oxygen atoms in total. The van der Waals surface area contributed by atoms with Crippen LogP contribution in [0.15, 0.2) is 18.2 Å².